The van der Waals surface area contributed by atoms with Gasteiger partial charge in [-0.05, 0) is 24.3 Å². The summed E-state index contributed by atoms with van der Waals surface area (Å²) in [5, 5.41) is 6.03. The quantitative estimate of drug-likeness (QED) is 0.687. The lowest BCUT2D eigenvalue weighted by Crippen LogP contribution is -2.33. The van der Waals surface area contributed by atoms with Crippen molar-refractivity contribution >= 4 is 17.4 Å². The Hall–Kier alpha value is -2.44. The minimum Gasteiger partial charge on any atom is -0.383 e. The van der Waals surface area contributed by atoms with Crippen LogP contribution in [0.5, 0.6) is 0 Å². The molecule has 0 atom stereocenters. The number of para-hydroxylation sites is 1. The summed E-state index contributed by atoms with van der Waals surface area (Å²) >= 11 is 0. The Labute approximate surface area is 142 Å². The highest BCUT2D eigenvalue weighted by Gasteiger charge is 2.08. The predicted molar refractivity (Wildman–Crippen MR) is 95.8 cm³/mol. The maximum atomic E-state index is 12.1. The van der Waals surface area contributed by atoms with Crippen molar-refractivity contribution in [3.8, 4) is 0 Å². The molecular weight excluding hydrogens is 304 g/mol. The van der Waals surface area contributed by atoms with Crippen LogP contribution in [0, 0.1) is 0 Å². The number of carbonyl (C=O) groups excluding carboxylic acids is 1. The fourth-order valence-electron chi connectivity index (χ4n) is 2.17. The summed E-state index contributed by atoms with van der Waals surface area (Å²) in [6.07, 6.45) is 1.60. The monoisotopic (exact) mass is 328 g/mol. The molecule has 0 unspecified atom stereocenters. The smallest absolute Gasteiger partial charge is 0.252 e. The molecule has 0 aliphatic rings. The van der Waals surface area contributed by atoms with E-state index >= 15 is 0 Å². The van der Waals surface area contributed by atoms with Gasteiger partial charge in [0.1, 0.15) is 5.82 Å². The molecule has 2 rings (SSSR count). The number of nitrogens with one attached hydrogen (secondary N) is 2. The van der Waals surface area contributed by atoms with Crippen LogP contribution in [0.3, 0.4) is 0 Å². The number of benzene rings is 1. The lowest BCUT2D eigenvalue weighted by molar-refractivity contribution is 0.0953. The first-order valence-corrected chi connectivity index (χ1v) is 7.95. The third kappa shape index (κ3) is 5.33. The Morgan fingerprint density at radius 1 is 1.12 bits per heavy atom. The third-order valence-electron chi connectivity index (χ3n) is 3.57. The van der Waals surface area contributed by atoms with Crippen molar-refractivity contribution in [3.63, 3.8) is 0 Å². The minimum absolute atomic E-state index is 0.120. The van der Waals surface area contributed by atoms with E-state index in [1.165, 1.54) is 0 Å². The largest absolute Gasteiger partial charge is 0.383 e. The van der Waals surface area contributed by atoms with Gasteiger partial charge in [0, 0.05) is 45.7 Å². The molecule has 24 heavy (non-hydrogen) atoms. The van der Waals surface area contributed by atoms with Crippen LogP contribution in [0.4, 0.5) is 11.5 Å². The van der Waals surface area contributed by atoms with Gasteiger partial charge in [0.15, 0.2) is 0 Å². The third-order valence-corrected chi connectivity index (χ3v) is 3.57. The number of rotatable bonds is 9. The van der Waals surface area contributed by atoms with Gasteiger partial charge in [0.05, 0.1) is 12.2 Å². The highest BCUT2D eigenvalue weighted by atomic mass is 16.5. The van der Waals surface area contributed by atoms with Crippen LogP contribution in [0.25, 0.3) is 0 Å². The van der Waals surface area contributed by atoms with Crippen LogP contribution in [0.2, 0.25) is 0 Å². The van der Waals surface area contributed by atoms with Gasteiger partial charge in [0.2, 0.25) is 0 Å². The molecule has 6 heteroatoms. The van der Waals surface area contributed by atoms with Crippen molar-refractivity contribution in [1.29, 1.82) is 0 Å². The first-order valence-electron chi connectivity index (χ1n) is 7.95. The number of ether oxygens (including phenoxy) is 1. The second kappa shape index (κ2) is 9.64. The summed E-state index contributed by atoms with van der Waals surface area (Å²) in [6, 6.07) is 13.6. The van der Waals surface area contributed by atoms with E-state index in [1.807, 2.05) is 48.3 Å². The zero-order chi connectivity index (χ0) is 17.2. The van der Waals surface area contributed by atoms with E-state index in [0.29, 0.717) is 25.3 Å². The summed E-state index contributed by atoms with van der Waals surface area (Å²) in [7, 11) is 3.61. The molecule has 1 aromatic heterocycles. The molecule has 2 N–H and O–H groups in total. The van der Waals surface area contributed by atoms with Crippen molar-refractivity contribution in [2.75, 3.05) is 45.3 Å². The van der Waals surface area contributed by atoms with E-state index in [0.717, 1.165) is 18.1 Å². The molecule has 0 saturated carbocycles. The molecule has 0 spiro atoms. The van der Waals surface area contributed by atoms with E-state index in [9.17, 15) is 4.79 Å². The molecular formula is C18H24N4O2. The fraction of sp³-hybridized carbons (Fsp3) is 0.333. The van der Waals surface area contributed by atoms with Crippen molar-refractivity contribution in [3.05, 3.63) is 54.2 Å². The van der Waals surface area contributed by atoms with Crippen molar-refractivity contribution in [2.45, 2.75) is 0 Å². The normalized spacial score (nSPS) is 10.4. The number of anilines is 2. The molecule has 6 nitrogen and oxygen atoms in total. The molecule has 2 aromatic rings. The lowest BCUT2D eigenvalue weighted by atomic mass is 10.2. The Morgan fingerprint density at radius 2 is 1.92 bits per heavy atom. The number of methoxy groups -OCH3 is 1. The lowest BCUT2D eigenvalue weighted by Gasteiger charge is -2.18. The summed E-state index contributed by atoms with van der Waals surface area (Å²) in [5.41, 5.74) is 1.60. The predicted octanol–water partition coefficient (Wildman–Crippen LogP) is 1.82. The SMILES string of the molecule is COCCNCCNC(=O)c1ccc(N(C)c2ccccc2)nc1. The van der Waals surface area contributed by atoms with Crippen LogP contribution in [0.15, 0.2) is 48.7 Å². The van der Waals surface area contributed by atoms with Gasteiger partial charge in [-0.1, -0.05) is 18.2 Å². The minimum atomic E-state index is -0.120. The molecule has 0 saturated heterocycles. The van der Waals surface area contributed by atoms with E-state index < -0.39 is 0 Å². The molecule has 1 aromatic carbocycles. The van der Waals surface area contributed by atoms with Crippen LogP contribution in [0.1, 0.15) is 10.4 Å². The standard InChI is InChI=1S/C18H24N4O2/c1-22(16-6-4-3-5-7-16)17-9-8-15(14-21-17)18(23)20-11-10-19-12-13-24-2/h3-9,14,19H,10-13H2,1-2H3,(H,20,23). The van der Waals surface area contributed by atoms with E-state index in [2.05, 4.69) is 15.6 Å². The van der Waals surface area contributed by atoms with E-state index in [-0.39, 0.29) is 5.91 Å². The van der Waals surface area contributed by atoms with E-state index in [4.69, 9.17) is 4.74 Å². The summed E-state index contributed by atoms with van der Waals surface area (Å²) in [6.45, 7) is 2.70. The van der Waals surface area contributed by atoms with Gasteiger partial charge in [-0.15, -0.1) is 0 Å². The number of nitrogens with zero attached hydrogens (tertiary/aromatic N) is 2. The molecule has 0 radical (unpaired) electrons. The average molecular weight is 328 g/mol. The van der Waals surface area contributed by atoms with Crippen molar-refractivity contribution < 1.29 is 9.53 Å². The fourth-order valence-corrected chi connectivity index (χ4v) is 2.17. The second-order valence-corrected chi connectivity index (χ2v) is 5.30. The van der Waals surface area contributed by atoms with Gasteiger partial charge >= 0.3 is 0 Å². The molecule has 128 valence electrons. The summed E-state index contributed by atoms with van der Waals surface area (Å²) < 4.78 is 4.94. The Morgan fingerprint density at radius 3 is 2.58 bits per heavy atom. The van der Waals surface area contributed by atoms with Gasteiger partial charge in [-0.3, -0.25) is 4.79 Å². The molecule has 0 aliphatic carbocycles. The summed E-state index contributed by atoms with van der Waals surface area (Å²) in [5.74, 6) is 0.670. The number of hydrogen-bond donors (Lipinski definition) is 2. The van der Waals surface area contributed by atoms with Gasteiger partial charge < -0.3 is 20.3 Å². The highest BCUT2D eigenvalue weighted by Crippen LogP contribution is 2.20. The average Bonchev–Trinajstić information content (AvgIpc) is 2.64. The maximum absolute atomic E-state index is 12.1. The van der Waals surface area contributed by atoms with Gasteiger partial charge in [-0.25, -0.2) is 4.98 Å². The number of hydrogen-bond acceptors (Lipinski definition) is 5. The van der Waals surface area contributed by atoms with E-state index in [1.54, 1.807) is 19.4 Å². The van der Waals surface area contributed by atoms with Crippen LogP contribution >= 0.6 is 0 Å². The van der Waals surface area contributed by atoms with Gasteiger partial charge in [0.25, 0.3) is 5.91 Å². The van der Waals surface area contributed by atoms with Crippen molar-refractivity contribution in [2.24, 2.45) is 0 Å². The highest BCUT2D eigenvalue weighted by molar-refractivity contribution is 5.94. The van der Waals surface area contributed by atoms with Crippen molar-refractivity contribution in [1.82, 2.24) is 15.6 Å². The van der Waals surface area contributed by atoms with Crippen LogP contribution in [-0.2, 0) is 4.74 Å². The molecule has 0 bridgehead atoms. The Kier molecular flexibility index (Phi) is 7.20. The summed E-state index contributed by atoms with van der Waals surface area (Å²) in [4.78, 5) is 18.4. The zero-order valence-corrected chi connectivity index (χ0v) is 14.2. The second-order valence-electron chi connectivity index (χ2n) is 5.30. The first kappa shape index (κ1) is 17.9. The topological polar surface area (TPSA) is 66.5 Å². The maximum Gasteiger partial charge on any atom is 0.252 e. The molecule has 0 fully saturated rings. The van der Waals surface area contributed by atoms with Crippen LogP contribution < -0.4 is 15.5 Å². The zero-order valence-electron chi connectivity index (χ0n) is 14.2. The number of amides is 1. The molecule has 0 aliphatic heterocycles. The number of carbonyl (C=O) groups is 1. The number of pyridine rings is 1. The van der Waals surface area contributed by atoms with Crippen LogP contribution in [-0.4, -0.2) is 51.3 Å². The Bertz CT molecular complexity index is 617. The first-order chi connectivity index (χ1) is 11.7. The molecule has 1 amide bonds. The Balaban J connectivity index is 1.84. The molecule has 1 heterocycles. The van der Waals surface area contributed by atoms with Gasteiger partial charge in [-0.2, -0.15) is 0 Å². The number of aromatic nitrogens is 1.